The fourth-order valence-corrected chi connectivity index (χ4v) is 4.25. The van der Waals surface area contributed by atoms with Gasteiger partial charge in [-0.3, -0.25) is 0 Å². The third-order valence-corrected chi connectivity index (χ3v) is 6.08. The van der Waals surface area contributed by atoms with Gasteiger partial charge in [-0.1, -0.05) is 19.1 Å². The predicted molar refractivity (Wildman–Crippen MR) is 84.8 cm³/mol. The number of hydrogen-bond donors (Lipinski definition) is 1. The Kier molecular flexibility index (Phi) is 5.37. The molecule has 2 rings (SSSR count). The first kappa shape index (κ1) is 16.4. The molecule has 1 aromatic rings. The molecule has 1 aliphatic heterocycles. The predicted octanol–water partition coefficient (Wildman–Crippen LogP) is 1.04. The van der Waals surface area contributed by atoms with E-state index in [2.05, 4.69) is 10.2 Å². The van der Waals surface area contributed by atoms with Crippen molar-refractivity contribution in [2.45, 2.75) is 25.3 Å². The van der Waals surface area contributed by atoms with Crippen molar-refractivity contribution in [2.75, 3.05) is 39.8 Å². The Hall–Kier alpha value is -0.950. The SMILES string of the molecule is CCNCc1cccc(S(=O)(=O)N2CCN(C)CC2)c1C. The van der Waals surface area contributed by atoms with Crippen molar-refractivity contribution < 1.29 is 8.42 Å². The molecule has 0 bridgehead atoms. The molecule has 0 radical (unpaired) electrons. The highest BCUT2D eigenvalue weighted by Crippen LogP contribution is 2.23. The minimum Gasteiger partial charge on any atom is -0.313 e. The van der Waals surface area contributed by atoms with Gasteiger partial charge in [-0.15, -0.1) is 0 Å². The molecular formula is C15H25N3O2S. The fourth-order valence-electron chi connectivity index (χ4n) is 2.56. The van der Waals surface area contributed by atoms with Crippen molar-refractivity contribution in [3.8, 4) is 0 Å². The summed E-state index contributed by atoms with van der Waals surface area (Å²) in [6, 6.07) is 5.54. The summed E-state index contributed by atoms with van der Waals surface area (Å²) >= 11 is 0. The second-order valence-electron chi connectivity index (χ2n) is 5.53. The first-order valence-electron chi connectivity index (χ1n) is 7.44. The van der Waals surface area contributed by atoms with Crippen LogP contribution < -0.4 is 5.32 Å². The maximum Gasteiger partial charge on any atom is 0.243 e. The molecule has 0 aromatic heterocycles. The largest absolute Gasteiger partial charge is 0.313 e. The minimum absolute atomic E-state index is 0.447. The maximum absolute atomic E-state index is 12.8. The van der Waals surface area contributed by atoms with Crippen LogP contribution in [0.4, 0.5) is 0 Å². The van der Waals surface area contributed by atoms with E-state index in [1.165, 1.54) is 0 Å². The van der Waals surface area contributed by atoms with Crippen LogP contribution in [0.2, 0.25) is 0 Å². The monoisotopic (exact) mass is 311 g/mol. The number of rotatable bonds is 5. The maximum atomic E-state index is 12.8. The van der Waals surface area contributed by atoms with Gasteiger partial charge in [0.1, 0.15) is 0 Å². The van der Waals surface area contributed by atoms with Crippen LogP contribution in [-0.2, 0) is 16.6 Å². The van der Waals surface area contributed by atoms with E-state index in [0.29, 0.717) is 24.5 Å². The summed E-state index contributed by atoms with van der Waals surface area (Å²) in [5.41, 5.74) is 1.91. The Morgan fingerprint density at radius 3 is 2.48 bits per heavy atom. The van der Waals surface area contributed by atoms with Gasteiger partial charge in [0.2, 0.25) is 10.0 Å². The molecular weight excluding hydrogens is 286 g/mol. The van der Waals surface area contributed by atoms with E-state index in [0.717, 1.165) is 30.8 Å². The van der Waals surface area contributed by atoms with Crippen molar-refractivity contribution in [2.24, 2.45) is 0 Å². The average Bonchev–Trinajstić information content (AvgIpc) is 2.46. The Bertz CT molecular complexity index is 579. The van der Waals surface area contributed by atoms with E-state index in [1.807, 2.05) is 33.0 Å². The molecule has 1 N–H and O–H groups in total. The molecule has 1 aliphatic rings. The van der Waals surface area contributed by atoms with Gasteiger partial charge in [-0.2, -0.15) is 4.31 Å². The first-order chi connectivity index (χ1) is 9.96. The highest BCUT2D eigenvalue weighted by molar-refractivity contribution is 7.89. The lowest BCUT2D eigenvalue weighted by Gasteiger charge is -2.32. The molecule has 0 amide bonds. The van der Waals surface area contributed by atoms with Crippen molar-refractivity contribution >= 4 is 10.0 Å². The number of likely N-dealkylation sites (N-methyl/N-ethyl adjacent to an activating group) is 1. The molecule has 5 nitrogen and oxygen atoms in total. The second-order valence-corrected chi connectivity index (χ2v) is 7.43. The van der Waals surface area contributed by atoms with Crippen LogP contribution in [0, 0.1) is 6.92 Å². The molecule has 0 atom stereocenters. The minimum atomic E-state index is -3.38. The van der Waals surface area contributed by atoms with Crippen LogP contribution >= 0.6 is 0 Å². The first-order valence-corrected chi connectivity index (χ1v) is 8.88. The lowest BCUT2D eigenvalue weighted by atomic mass is 10.1. The Morgan fingerprint density at radius 2 is 1.86 bits per heavy atom. The summed E-state index contributed by atoms with van der Waals surface area (Å²) in [6.45, 7) is 8.22. The fraction of sp³-hybridized carbons (Fsp3) is 0.600. The van der Waals surface area contributed by atoms with Gasteiger partial charge in [0.25, 0.3) is 0 Å². The van der Waals surface area contributed by atoms with Crippen LogP contribution in [-0.4, -0.2) is 57.4 Å². The van der Waals surface area contributed by atoms with Crippen LogP contribution in [0.15, 0.2) is 23.1 Å². The molecule has 6 heteroatoms. The highest BCUT2D eigenvalue weighted by Gasteiger charge is 2.29. The van der Waals surface area contributed by atoms with Crippen molar-refractivity contribution in [1.82, 2.24) is 14.5 Å². The normalized spacial score (nSPS) is 18.0. The molecule has 0 aliphatic carbocycles. The number of benzene rings is 1. The number of nitrogens with one attached hydrogen (secondary N) is 1. The van der Waals surface area contributed by atoms with Crippen LogP contribution in [0.3, 0.4) is 0 Å². The van der Waals surface area contributed by atoms with Crippen LogP contribution in [0.1, 0.15) is 18.1 Å². The van der Waals surface area contributed by atoms with Crippen molar-refractivity contribution in [1.29, 1.82) is 0 Å². The zero-order valence-electron chi connectivity index (χ0n) is 13.1. The number of nitrogens with zero attached hydrogens (tertiary/aromatic N) is 2. The molecule has 1 saturated heterocycles. The number of sulfonamides is 1. The molecule has 118 valence electrons. The van der Waals surface area contributed by atoms with Crippen LogP contribution in [0.5, 0.6) is 0 Å². The Morgan fingerprint density at radius 1 is 1.19 bits per heavy atom. The summed E-state index contributed by atoms with van der Waals surface area (Å²) in [4.78, 5) is 2.60. The number of piperazine rings is 1. The highest BCUT2D eigenvalue weighted by atomic mass is 32.2. The summed E-state index contributed by atoms with van der Waals surface area (Å²) < 4.78 is 27.3. The summed E-state index contributed by atoms with van der Waals surface area (Å²) in [7, 11) is -1.36. The quantitative estimate of drug-likeness (QED) is 0.883. The summed E-state index contributed by atoms with van der Waals surface area (Å²) in [5.74, 6) is 0. The van der Waals surface area contributed by atoms with Gasteiger partial charge in [-0.25, -0.2) is 8.42 Å². The molecule has 1 aromatic carbocycles. The zero-order chi connectivity index (χ0) is 15.5. The van der Waals surface area contributed by atoms with Gasteiger partial charge in [0.15, 0.2) is 0 Å². The standard InChI is InChI=1S/C15H25N3O2S/c1-4-16-12-14-6-5-7-15(13(14)2)21(19,20)18-10-8-17(3)9-11-18/h5-7,16H,4,8-12H2,1-3H3. The van der Waals surface area contributed by atoms with Crippen molar-refractivity contribution in [3.63, 3.8) is 0 Å². The Labute approximate surface area is 128 Å². The van der Waals surface area contributed by atoms with Gasteiger partial charge >= 0.3 is 0 Å². The molecule has 0 unspecified atom stereocenters. The van der Waals surface area contributed by atoms with E-state index in [9.17, 15) is 8.42 Å². The Balaban J connectivity index is 2.27. The van der Waals surface area contributed by atoms with E-state index in [4.69, 9.17) is 0 Å². The lowest BCUT2D eigenvalue weighted by Crippen LogP contribution is -2.47. The summed E-state index contributed by atoms with van der Waals surface area (Å²) in [6.07, 6.45) is 0. The topological polar surface area (TPSA) is 52.7 Å². The van der Waals surface area contributed by atoms with E-state index in [1.54, 1.807) is 10.4 Å². The van der Waals surface area contributed by atoms with Gasteiger partial charge in [-0.05, 0) is 37.7 Å². The van der Waals surface area contributed by atoms with Gasteiger partial charge in [0, 0.05) is 32.7 Å². The van der Waals surface area contributed by atoms with E-state index >= 15 is 0 Å². The molecule has 1 heterocycles. The molecule has 0 spiro atoms. The molecule has 1 fully saturated rings. The zero-order valence-corrected chi connectivity index (χ0v) is 13.9. The third-order valence-electron chi connectivity index (χ3n) is 4.04. The second kappa shape index (κ2) is 6.87. The summed E-state index contributed by atoms with van der Waals surface area (Å²) in [5, 5.41) is 3.25. The van der Waals surface area contributed by atoms with Gasteiger partial charge in [0.05, 0.1) is 4.90 Å². The van der Waals surface area contributed by atoms with E-state index < -0.39 is 10.0 Å². The molecule has 21 heavy (non-hydrogen) atoms. The van der Waals surface area contributed by atoms with Gasteiger partial charge < -0.3 is 10.2 Å². The number of hydrogen-bond acceptors (Lipinski definition) is 4. The lowest BCUT2D eigenvalue weighted by molar-refractivity contribution is 0.222. The van der Waals surface area contributed by atoms with E-state index in [-0.39, 0.29) is 0 Å². The molecule has 0 saturated carbocycles. The average molecular weight is 311 g/mol. The smallest absolute Gasteiger partial charge is 0.243 e. The third kappa shape index (κ3) is 3.63. The van der Waals surface area contributed by atoms with Crippen LogP contribution in [0.25, 0.3) is 0 Å². The van der Waals surface area contributed by atoms with Crippen molar-refractivity contribution in [3.05, 3.63) is 29.3 Å².